The Hall–Kier alpha value is -1.04. The van der Waals surface area contributed by atoms with Crippen molar-refractivity contribution in [1.82, 2.24) is 0 Å². The van der Waals surface area contributed by atoms with Gasteiger partial charge in [-0.15, -0.1) is 0 Å². The van der Waals surface area contributed by atoms with Gasteiger partial charge in [0.2, 0.25) is 0 Å². The molecule has 0 aromatic heterocycles. The summed E-state index contributed by atoms with van der Waals surface area (Å²) < 4.78 is 37.6. The van der Waals surface area contributed by atoms with Crippen LogP contribution >= 0.6 is 0 Å². The van der Waals surface area contributed by atoms with Gasteiger partial charge in [-0.1, -0.05) is 6.07 Å². The normalized spacial score (nSPS) is 31.6. The molecule has 2 fully saturated rings. The Balaban J connectivity index is 1.75. The standard InChI is InChI=1S/C15H19F2NO2/c16-12-2-1-10(7-13(12)17)14(18)11-3-5-20-15(8-11)4-6-19-9-15/h1-2,7,11,14H,3-6,8-9,18H2. The number of halogens is 2. The SMILES string of the molecule is NC(c1ccc(F)c(F)c1)C1CCOC2(CCOC2)C1. The highest BCUT2D eigenvalue weighted by Crippen LogP contribution is 2.40. The second-order valence-electron chi connectivity index (χ2n) is 5.79. The van der Waals surface area contributed by atoms with E-state index < -0.39 is 11.6 Å². The molecule has 1 spiro atoms. The fourth-order valence-corrected chi connectivity index (χ4v) is 3.23. The van der Waals surface area contributed by atoms with Gasteiger partial charge in [-0.25, -0.2) is 8.78 Å². The van der Waals surface area contributed by atoms with E-state index in [2.05, 4.69) is 0 Å². The lowest BCUT2D eigenvalue weighted by atomic mass is 9.79. The number of hydrogen-bond donors (Lipinski definition) is 1. The van der Waals surface area contributed by atoms with E-state index in [9.17, 15) is 8.78 Å². The molecule has 1 aromatic rings. The van der Waals surface area contributed by atoms with Crippen LogP contribution in [0, 0.1) is 17.6 Å². The molecule has 1 aromatic carbocycles. The van der Waals surface area contributed by atoms with Crippen molar-refractivity contribution in [2.45, 2.75) is 30.9 Å². The summed E-state index contributed by atoms with van der Waals surface area (Å²) in [6, 6.07) is 3.61. The molecule has 2 heterocycles. The van der Waals surface area contributed by atoms with Crippen LogP contribution in [0.3, 0.4) is 0 Å². The van der Waals surface area contributed by atoms with Crippen molar-refractivity contribution in [3.8, 4) is 0 Å². The minimum atomic E-state index is -0.844. The van der Waals surface area contributed by atoms with Gasteiger partial charge in [-0.3, -0.25) is 0 Å². The maximum atomic E-state index is 13.3. The third-order valence-electron chi connectivity index (χ3n) is 4.43. The lowest BCUT2D eigenvalue weighted by Gasteiger charge is -2.39. The zero-order valence-electron chi connectivity index (χ0n) is 11.3. The van der Waals surface area contributed by atoms with Gasteiger partial charge >= 0.3 is 0 Å². The lowest BCUT2D eigenvalue weighted by Crippen LogP contribution is -2.43. The molecule has 0 aliphatic carbocycles. The van der Waals surface area contributed by atoms with Crippen LogP contribution in [-0.2, 0) is 9.47 Å². The van der Waals surface area contributed by atoms with E-state index in [0.717, 1.165) is 25.3 Å². The molecule has 5 heteroatoms. The topological polar surface area (TPSA) is 44.5 Å². The number of benzene rings is 1. The highest BCUT2D eigenvalue weighted by molar-refractivity contribution is 5.22. The highest BCUT2D eigenvalue weighted by atomic mass is 19.2. The smallest absolute Gasteiger partial charge is 0.159 e. The number of hydrogen-bond acceptors (Lipinski definition) is 3. The second kappa shape index (κ2) is 5.39. The maximum Gasteiger partial charge on any atom is 0.159 e. The first-order valence-electron chi connectivity index (χ1n) is 7.02. The molecule has 110 valence electrons. The van der Waals surface area contributed by atoms with Gasteiger partial charge in [0, 0.05) is 25.7 Å². The maximum absolute atomic E-state index is 13.3. The van der Waals surface area contributed by atoms with Crippen molar-refractivity contribution in [2.24, 2.45) is 11.7 Å². The zero-order chi connectivity index (χ0) is 14.2. The fraction of sp³-hybridized carbons (Fsp3) is 0.600. The highest BCUT2D eigenvalue weighted by Gasteiger charge is 2.42. The Labute approximate surface area is 117 Å². The molecule has 20 heavy (non-hydrogen) atoms. The Morgan fingerprint density at radius 3 is 2.80 bits per heavy atom. The summed E-state index contributed by atoms with van der Waals surface area (Å²) in [5.41, 5.74) is 6.67. The fourth-order valence-electron chi connectivity index (χ4n) is 3.23. The molecule has 2 N–H and O–H groups in total. The van der Waals surface area contributed by atoms with Crippen LogP contribution in [0.15, 0.2) is 18.2 Å². The van der Waals surface area contributed by atoms with E-state index in [4.69, 9.17) is 15.2 Å². The minimum absolute atomic E-state index is 0.204. The third kappa shape index (κ3) is 2.57. The molecular weight excluding hydrogens is 264 g/mol. The predicted octanol–water partition coefficient (Wildman–Crippen LogP) is 2.55. The van der Waals surface area contributed by atoms with Gasteiger partial charge in [0.05, 0.1) is 12.2 Å². The van der Waals surface area contributed by atoms with Gasteiger partial charge in [-0.2, -0.15) is 0 Å². The Morgan fingerprint density at radius 2 is 2.10 bits per heavy atom. The first kappa shape index (κ1) is 13.9. The third-order valence-corrected chi connectivity index (χ3v) is 4.43. The number of rotatable bonds is 2. The first-order chi connectivity index (χ1) is 9.60. The Kier molecular flexibility index (Phi) is 3.75. The van der Waals surface area contributed by atoms with Gasteiger partial charge in [-0.05, 0) is 36.5 Å². The molecule has 3 rings (SSSR count). The quantitative estimate of drug-likeness (QED) is 0.907. The molecule has 0 bridgehead atoms. The molecule has 2 aliphatic heterocycles. The molecular formula is C15H19F2NO2. The van der Waals surface area contributed by atoms with E-state index in [-0.39, 0.29) is 17.6 Å². The van der Waals surface area contributed by atoms with E-state index in [1.165, 1.54) is 6.07 Å². The van der Waals surface area contributed by atoms with Crippen molar-refractivity contribution in [2.75, 3.05) is 19.8 Å². The average molecular weight is 283 g/mol. The first-order valence-corrected chi connectivity index (χ1v) is 7.02. The zero-order valence-corrected chi connectivity index (χ0v) is 11.3. The number of nitrogens with two attached hydrogens (primary N) is 1. The van der Waals surface area contributed by atoms with Crippen LogP contribution in [0.5, 0.6) is 0 Å². The summed E-state index contributed by atoms with van der Waals surface area (Å²) >= 11 is 0. The summed E-state index contributed by atoms with van der Waals surface area (Å²) in [5, 5.41) is 0. The molecule has 0 radical (unpaired) electrons. The van der Waals surface area contributed by atoms with Crippen molar-refractivity contribution < 1.29 is 18.3 Å². The summed E-state index contributed by atoms with van der Waals surface area (Å²) in [6.45, 7) is 1.96. The van der Waals surface area contributed by atoms with E-state index in [1.807, 2.05) is 0 Å². The molecule has 2 saturated heterocycles. The second-order valence-corrected chi connectivity index (χ2v) is 5.79. The van der Waals surface area contributed by atoms with Crippen LogP contribution in [0.4, 0.5) is 8.78 Å². The van der Waals surface area contributed by atoms with Crippen molar-refractivity contribution >= 4 is 0 Å². The summed E-state index contributed by atoms with van der Waals surface area (Å²) in [6.07, 6.45) is 2.53. The molecule has 2 aliphatic rings. The van der Waals surface area contributed by atoms with E-state index in [1.54, 1.807) is 6.07 Å². The molecule has 0 saturated carbocycles. The summed E-state index contributed by atoms with van der Waals surface area (Å²) in [5.74, 6) is -1.48. The van der Waals surface area contributed by atoms with E-state index >= 15 is 0 Å². The molecule has 3 atom stereocenters. The van der Waals surface area contributed by atoms with Crippen LogP contribution in [0.2, 0.25) is 0 Å². The number of ether oxygens (including phenoxy) is 2. The van der Waals surface area contributed by atoms with Gasteiger partial charge in [0.25, 0.3) is 0 Å². The summed E-state index contributed by atoms with van der Waals surface area (Å²) in [7, 11) is 0. The predicted molar refractivity (Wildman–Crippen MR) is 70.1 cm³/mol. The van der Waals surface area contributed by atoms with Gasteiger partial charge in [0.1, 0.15) is 0 Å². The Morgan fingerprint density at radius 1 is 1.25 bits per heavy atom. The monoisotopic (exact) mass is 283 g/mol. The van der Waals surface area contributed by atoms with Crippen LogP contribution in [0.25, 0.3) is 0 Å². The molecule has 0 amide bonds. The lowest BCUT2D eigenvalue weighted by molar-refractivity contribution is -0.101. The average Bonchev–Trinajstić information content (AvgIpc) is 2.89. The minimum Gasteiger partial charge on any atom is -0.378 e. The van der Waals surface area contributed by atoms with Crippen molar-refractivity contribution in [3.05, 3.63) is 35.4 Å². The van der Waals surface area contributed by atoms with Crippen LogP contribution in [-0.4, -0.2) is 25.4 Å². The molecule has 3 nitrogen and oxygen atoms in total. The van der Waals surface area contributed by atoms with Crippen molar-refractivity contribution in [3.63, 3.8) is 0 Å². The summed E-state index contributed by atoms with van der Waals surface area (Å²) in [4.78, 5) is 0. The van der Waals surface area contributed by atoms with E-state index in [0.29, 0.717) is 25.4 Å². The van der Waals surface area contributed by atoms with Crippen LogP contribution < -0.4 is 5.73 Å². The van der Waals surface area contributed by atoms with Gasteiger partial charge in [0.15, 0.2) is 11.6 Å². The van der Waals surface area contributed by atoms with Crippen molar-refractivity contribution in [1.29, 1.82) is 0 Å². The Bertz CT molecular complexity index is 489. The van der Waals surface area contributed by atoms with Gasteiger partial charge < -0.3 is 15.2 Å². The molecule has 3 unspecified atom stereocenters. The van der Waals surface area contributed by atoms with Crippen LogP contribution in [0.1, 0.15) is 30.9 Å². The largest absolute Gasteiger partial charge is 0.378 e.